The fourth-order valence-corrected chi connectivity index (χ4v) is 2.72. The van der Waals surface area contributed by atoms with Gasteiger partial charge in [0.05, 0.1) is 0 Å². The molecule has 2 nitrogen and oxygen atoms in total. The quantitative estimate of drug-likeness (QED) is 0.791. The summed E-state index contributed by atoms with van der Waals surface area (Å²) in [7, 11) is 0. The van der Waals surface area contributed by atoms with Gasteiger partial charge in [0.25, 0.3) is 0 Å². The fourth-order valence-electron chi connectivity index (χ4n) is 2.72. The molecule has 0 aromatic heterocycles. The summed E-state index contributed by atoms with van der Waals surface area (Å²) in [6.07, 6.45) is 0. The van der Waals surface area contributed by atoms with E-state index in [1.807, 2.05) is 0 Å². The number of piperazine rings is 1. The lowest BCUT2D eigenvalue weighted by atomic mass is 10.0. The summed E-state index contributed by atoms with van der Waals surface area (Å²) in [5.41, 5.74) is 1.74. The van der Waals surface area contributed by atoms with E-state index in [-0.39, 0.29) is 0 Å². The van der Waals surface area contributed by atoms with Crippen molar-refractivity contribution in [1.29, 1.82) is 0 Å². The van der Waals surface area contributed by atoms with Crippen molar-refractivity contribution >= 4 is 0 Å². The third-order valence-corrected chi connectivity index (χ3v) is 4.09. The lowest BCUT2D eigenvalue weighted by molar-refractivity contribution is 0.0454. The van der Waals surface area contributed by atoms with E-state index < -0.39 is 0 Å². The average Bonchev–Trinajstić information content (AvgIpc) is 2.38. The minimum atomic E-state index is 0.308. The first-order valence-corrected chi connectivity index (χ1v) is 7.02. The Bertz CT molecular complexity index is 358. The highest BCUT2D eigenvalue weighted by Crippen LogP contribution is 2.23. The van der Waals surface area contributed by atoms with Crippen molar-refractivity contribution in [3.05, 3.63) is 35.9 Å². The van der Waals surface area contributed by atoms with Crippen molar-refractivity contribution in [3.63, 3.8) is 0 Å². The molecule has 0 radical (unpaired) electrons. The molecule has 100 valence electrons. The molecule has 2 rings (SSSR count). The Balaban J connectivity index is 1.94. The molecule has 1 atom stereocenters. The topological polar surface area (TPSA) is 6.48 Å². The zero-order chi connectivity index (χ0) is 13.2. The second-order valence-corrected chi connectivity index (χ2v) is 6.28. The largest absolute Gasteiger partial charge is 0.296 e. The van der Waals surface area contributed by atoms with Gasteiger partial charge in [-0.15, -0.1) is 0 Å². The molecule has 18 heavy (non-hydrogen) atoms. The van der Waals surface area contributed by atoms with Crippen LogP contribution in [0.1, 0.15) is 39.3 Å². The Morgan fingerprint density at radius 1 is 0.944 bits per heavy atom. The average molecular weight is 246 g/mol. The summed E-state index contributed by atoms with van der Waals surface area (Å²) >= 11 is 0. The van der Waals surface area contributed by atoms with Crippen LogP contribution in [0.15, 0.2) is 30.3 Å². The van der Waals surface area contributed by atoms with Crippen molar-refractivity contribution in [2.45, 2.75) is 39.3 Å². The summed E-state index contributed by atoms with van der Waals surface area (Å²) in [5, 5.41) is 0. The Labute approximate surface area is 112 Å². The van der Waals surface area contributed by atoms with Crippen LogP contribution in [0.4, 0.5) is 0 Å². The van der Waals surface area contributed by atoms with Crippen LogP contribution in [0.25, 0.3) is 0 Å². The van der Waals surface area contributed by atoms with Gasteiger partial charge in [0.15, 0.2) is 0 Å². The first-order valence-electron chi connectivity index (χ1n) is 7.02. The van der Waals surface area contributed by atoms with Crippen LogP contribution in [-0.4, -0.2) is 41.5 Å². The molecule has 1 aromatic carbocycles. The highest BCUT2D eigenvalue weighted by Gasteiger charge is 2.27. The molecule has 1 saturated heterocycles. The molecule has 0 amide bonds. The van der Waals surface area contributed by atoms with Gasteiger partial charge in [0.1, 0.15) is 0 Å². The first-order chi connectivity index (χ1) is 8.48. The Hall–Kier alpha value is -0.860. The van der Waals surface area contributed by atoms with E-state index in [2.05, 4.69) is 67.8 Å². The minimum Gasteiger partial charge on any atom is -0.296 e. The first kappa shape index (κ1) is 13.6. The van der Waals surface area contributed by atoms with Gasteiger partial charge in [-0.25, -0.2) is 0 Å². The van der Waals surface area contributed by atoms with E-state index in [1.54, 1.807) is 0 Å². The number of benzene rings is 1. The summed E-state index contributed by atoms with van der Waals surface area (Å²) in [4.78, 5) is 5.18. The van der Waals surface area contributed by atoms with Crippen molar-refractivity contribution in [2.24, 2.45) is 0 Å². The van der Waals surface area contributed by atoms with Crippen LogP contribution in [0.2, 0.25) is 0 Å². The van der Waals surface area contributed by atoms with Crippen LogP contribution in [0, 0.1) is 0 Å². The Kier molecular flexibility index (Phi) is 4.08. The molecule has 1 heterocycles. The Morgan fingerprint density at radius 2 is 1.50 bits per heavy atom. The van der Waals surface area contributed by atoms with E-state index >= 15 is 0 Å². The molecule has 1 fully saturated rings. The second kappa shape index (κ2) is 5.41. The zero-order valence-corrected chi connectivity index (χ0v) is 12.2. The van der Waals surface area contributed by atoms with Crippen LogP contribution in [-0.2, 0) is 0 Å². The number of hydrogen-bond donors (Lipinski definition) is 0. The maximum absolute atomic E-state index is 2.59. The van der Waals surface area contributed by atoms with Gasteiger partial charge in [-0.2, -0.15) is 0 Å². The van der Waals surface area contributed by atoms with Crippen molar-refractivity contribution in [1.82, 2.24) is 9.80 Å². The predicted octanol–water partition coefficient (Wildman–Crippen LogP) is 3.16. The monoisotopic (exact) mass is 246 g/mol. The second-order valence-electron chi connectivity index (χ2n) is 6.28. The summed E-state index contributed by atoms with van der Waals surface area (Å²) in [5.74, 6) is 0. The zero-order valence-electron chi connectivity index (χ0n) is 12.2. The van der Waals surface area contributed by atoms with Gasteiger partial charge < -0.3 is 0 Å². The molecular weight excluding hydrogens is 220 g/mol. The molecule has 0 saturated carbocycles. The lowest BCUT2D eigenvalue weighted by Gasteiger charge is -2.44. The van der Waals surface area contributed by atoms with E-state index in [0.29, 0.717) is 11.6 Å². The highest BCUT2D eigenvalue weighted by molar-refractivity contribution is 5.18. The molecule has 0 aliphatic carbocycles. The molecule has 0 N–H and O–H groups in total. The van der Waals surface area contributed by atoms with E-state index in [0.717, 1.165) is 0 Å². The van der Waals surface area contributed by atoms with E-state index in [4.69, 9.17) is 0 Å². The van der Waals surface area contributed by atoms with Crippen LogP contribution >= 0.6 is 0 Å². The summed E-state index contributed by atoms with van der Waals surface area (Å²) in [6.45, 7) is 14.0. The third kappa shape index (κ3) is 3.12. The number of nitrogens with zero attached hydrogens (tertiary/aromatic N) is 2. The van der Waals surface area contributed by atoms with Gasteiger partial charge in [-0.1, -0.05) is 30.3 Å². The van der Waals surface area contributed by atoms with Crippen molar-refractivity contribution in [2.75, 3.05) is 26.2 Å². The highest BCUT2D eigenvalue weighted by atomic mass is 15.3. The van der Waals surface area contributed by atoms with Crippen LogP contribution < -0.4 is 0 Å². The van der Waals surface area contributed by atoms with Crippen LogP contribution in [0.3, 0.4) is 0 Å². The van der Waals surface area contributed by atoms with Crippen molar-refractivity contribution in [3.8, 4) is 0 Å². The van der Waals surface area contributed by atoms with E-state index in [9.17, 15) is 0 Å². The van der Waals surface area contributed by atoms with Gasteiger partial charge in [0.2, 0.25) is 0 Å². The molecule has 1 unspecified atom stereocenters. The number of rotatable bonds is 2. The smallest absolute Gasteiger partial charge is 0.0320 e. The Morgan fingerprint density at radius 3 is 2.00 bits per heavy atom. The molecule has 1 aromatic rings. The predicted molar refractivity (Wildman–Crippen MR) is 77.8 cm³/mol. The summed E-state index contributed by atoms with van der Waals surface area (Å²) in [6, 6.07) is 11.4. The van der Waals surface area contributed by atoms with Gasteiger partial charge in [-0.3, -0.25) is 9.80 Å². The maximum atomic E-state index is 2.59. The minimum absolute atomic E-state index is 0.308. The van der Waals surface area contributed by atoms with Gasteiger partial charge in [-0.05, 0) is 33.3 Å². The van der Waals surface area contributed by atoms with Crippen LogP contribution in [0.5, 0.6) is 0 Å². The van der Waals surface area contributed by atoms with Gasteiger partial charge in [0, 0.05) is 37.8 Å². The fraction of sp³-hybridized carbons (Fsp3) is 0.625. The molecule has 1 aliphatic rings. The standard InChI is InChI=1S/C16H26N2/c1-14(15-8-6-5-7-9-15)17-10-12-18(13-11-17)16(2,3)4/h5-9,14H,10-13H2,1-4H3. The SMILES string of the molecule is CC(c1ccccc1)N1CCN(C(C)(C)C)CC1. The third-order valence-electron chi connectivity index (χ3n) is 4.09. The summed E-state index contributed by atoms with van der Waals surface area (Å²) < 4.78 is 0. The van der Waals surface area contributed by atoms with Crippen molar-refractivity contribution < 1.29 is 0 Å². The molecule has 0 bridgehead atoms. The normalized spacial score (nSPS) is 20.9. The molecule has 1 aliphatic heterocycles. The van der Waals surface area contributed by atoms with Gasteiger partial charge >= 0.3 is 0 Å². The number of hydrogen-bond acceptors (Lipinski definition) is 2. The van der Waals surface area contributed by atoms with E-state index in [1.165, 1.54) is 31.7 Å². The molecule has 2 heteroatoms. The lowest BCUT2D eigenvalue weighted by Crippen LogP contribution is -2.53. The molecule has 0 spiro atoms. The molecular formula is C16H26N2. The maximum Gasteiger partial charge on any atom is 0.0320 e.